The fourth-order valence-electron chi connectivity index (χ4n) is 8.04. The van der Waals surface area contributed by atoms with Gasteiger partial charge in [-0.1, -0.05) is 129 Å². The first-order valence-corrected chi connectivity index (χ1v) is 16.2. The third-order valence-corrected chi connectivity index (χ3v) is 12.1. The topological polar surface area (TPSA) is 0 Å². The van der Waals surface area contributed by atoms with Crippen LogP contribution in [0.4, 0.5) is 0 Å². The highest BCUT2D eigenvalue weighted by Crippen LogP contribution is 2.62. The van der Waals surface area contributed by atoms with E-state index in [9.17, 15) is 0 Å². The minimum Gasteiger partial charge on any atom is -0.133 e. The Balaban J connectivity index is 1.40. The third kappa shape index (κ3) is 2.97. The quantitative estimate of drug-likeness (QED) is 0.172. The third-order valence-electron chi connectivity index (χ3n) is 9.84. The van der Waals surface area contributed by atoms with Crippen molar-refractivity contribution < 1.29 is 0 Å². The van der Waals surface area contributed by atoms with Gasteiger partial charge in [0.25, 0.3) is 0 Å². The lowest BCUT2D eigenvalue weighted by atomic mass is 9.55. The fraction of sp³-hybridized carbons (Fsp3) is 0.100. The van der Waals surface area contributed by atoms with Crippen LogP contribution in [0.1, 0.15) is 47.2 Å². The standard InChI is InChI=1S/C40H27BrS/c1-39(2)31-16-5-7-18-33(31)40(34-19-8-6-17-32(34)39)30-15-4-3-11-26(30)27-22-21-24(23-35(27)40)25-12-9-13-28-29-14-10-20-36(41)38(29)42-37(25)28/h3-23H,1-2H3. The van der Waals surface area contributed by atoms with Crippen molar-refractivity contribution in [1.82, 2.24) is 0 Å². The van der Waals surface area contributed by atoms with Crippen LogP contribution >= 0.6 is 27.3 Å². The van der Waals surface area contributed by atoms with E-state index in [2.05, 4.69) is 157 Å². The second kappa shape index (κ2) is 8.53. The van der Waals surface area contributed by atoms with Gasteiger partial charge in [-0.25, -0.2) is 0 Å². The molecule has 200 valence electrons. The van der Waals surface area contributed by atoms with Crippen molar-refractivity contribution in [1.29, 1.82) is 0 Å². The Bertz CT molecular complexity index is 2200. The number of hydrogen-bond acceptors (Lipinski definition) is 1. The SMILES string of the molecule is CC1(C)c2ccccc2C2(c3ccccc3-c3ccc(-c4cccc5c4sc4c(Br)cccc45)cc32)c2ccccc21. The molecule has 0 radical (unpaired) electrons. The van der Waals surface area contributed by atoms with Crippen LogP contribution in [0, 0.1) is 0 Å². The average molecular weight is 620 g/mol. The molecule has 9 rings (SSSR count). The highest BCUT2D eigenvalue weighted by molar-refractivity contribution is 9.10. The predicted molar refractivity (Wildman–Crippen MR) is 182 cm³/mol. The highest BCUT2D eigenvalue weighted by Gasteiger charge is 2.53. The molecule has 0 fully saturated rings. The molecule has 2 heteroatoms. The van der Waals surface area contributed by atoms with Crippen molar-refractivity contribution in [2.24, 2.45) is 0 Å². The van der Waals surface area contributed by atoms with E-state index in [-0.39, 0.29) is 10.8 Å². The summed E-state index contributed by atoms with van der Waals surface area (Å²) in [4.78, 5) is 0. The van der Waals surface area contributed by atoms with Gasteiger partial charge in [0, 0.05) is 30.1 Å². The molecule has 0 nitrogen and oxygen atoms in total. The number of hydrogen-bond donors (Lipinski definition) is 0. The Morgan fingerprint density at radius 1 is 0.476 bits per heavy atom. The summed E-state index contributed by atoms with van der Waals surface area (Å²) in [6.45, 7) is 4.77. The summed E-state index contributed by atoms with van der Waals surface area (Å²) in [6.07, 6.45) is 0. The van der Waals surface area contributed by atoms with Crippen molar-refractivity contribution >= 4 is 47.4 Å². The largest absolute Gasteiger partial charge is 0.133 e. The molecule has 2 aliphatic carbocycles. The molecule has 2 aliphatic rings. The Morgan fingerprint density at radius 2 is 1.02 bits per heavy atom. The van der Waals surface area contributed by atoms with Gasteiger partial charge in [0.05, 0.1) is 5.41 Å². The van der Waals surface area contributed by atoms with Gasteiger partial charge in [-0.15, -0.1) is 11.3 Å². The van der Waals surface area contributed by atoms with Crippen molar-refractivity contribution in [2.45, 2.75) is 24.7 Å². The molecule has 0 N–H and O–H groups in total. The van der Waals surface area contributed by atoms with Crippen molar-refractivity contribution in [2.75, 3.05) is 0 Å². The Kier molecular flexibility index (Phi) is 5.00. The Morgan fingerprint density at radius 3 is 1.74 bits per heavy atom. The number of benzene rings is 6. The number of thiophene rings is 1. The first kappa shape index (κ1) is 24.6. The summed E-state index contributed by atoms with van der Waals surface area (Å²) >= 11 is 5.70. The van der Waals surface area contributed by atoms with Gasteiger partial charge in [0.15, 0.2) is 0 Å². The van der Waals surface area contributed by atoms with Crippen molar-refractivity contribution in [3.63, 3.8) is 0 Å². The van der Waals surface area contributed by atoms with Crippen LogP contribution in [-0.2, 0) is 10.8 Å². The van der Waals surface area contributed by atoms with Crippen LogP contribution in [0.5, 0.6) is 0 Å². The molecule has 0 amide bonds. The van der Waals surface area contributed by atoms with Gasteiger partial charge >= 0.3 is 0 Å². The zero-order valence-corrected chi connectivity index (χ0v) is 25.8. The second-order valence-corrected chi connectivity index (χ2v) is 14.0. The summed E-state index contributed by atoms with van der Waals surface area (Å²) in [5, 5.41) is 2.64. The fourth-order valence-corrected chi connectivity index (χ4v) is 9.89. The monoisotopic (exact) mass is 618 g/mol. The lowest BCUT2D eigenvalue weighted by Crippen LogP contribution is -2.40. The lowest BCUT2D eigenvalue weighted by Gasteiger charge is -2.46. The molecule has 0 aliphatic heterocycles. The Hall–Kier alpha value is -3.98. The van der Waals surface area contributed by atoms with E-state index in [0.29, 0.717) is 0 Å². The van der Waals surface area contributed by atoms with E-state index >= 15 is 0 Å². The Labute approximate surface area is 258 Å². The first-order chi connectivity index (χ1) is 20.5. The van der Waals surface area contributed by atoms with E-state index in [1.54, 1.807) is 0 Å². The predicted octanol–water partition coefficient (Wildman–Crippen LogP) is 11.5. The summed E-state index contributed by atoms with van der Waals surface area (Å²) in [5.74, 6) is 0. The van der Waals surface area contributed by atoms with E-state index in [0.717, 1.165) is 4.47 Å². The summed E-state index contributed by atoms with van der Waals surface area (Å²) in [5.41, 5.74) is 13.2. The van der Waals surface area contributed by atoms with E-state index in [1.807, 2.05) is 11.3 Å². The van der Waals surface area contributed by atoms with Gasteiger partial charge in [0.1, 0.15) is 0 Å². The smallest absolute Gasteiger partial charge is 0.0719 e. The molecular formula is C40H27BrS. The minimum atomic E-state index is -0.373. The maximum absolute atomic E-state index is 3.81. The van der Waals surface area contributed by atoms with Crippen LogP contribution in [0.15, 0.2) is 132 Å². The molecule has 0 saturated heterocycles. The number of rotatable bonds is 1. The van der Waals surface area contributed by atoms with Gasteiger partial charge in [-0.05, 0) is 83.7 Å². The van der Waals surface area contributed by atoms with Crippen LogP contribution in [0.2, 0.25) is 0 Å². The maximum atomic E-state index is 3.81. The average Bonchev–Trinajstić information content (AvgIpc) is 3.55. The molecule has 1 aromatic heterocycles. The van der Waals surface area contributed by atoms with Crippen LogP contribution in [-0.4, -0.2) is 0 Å². The zero-order valence-electron chi connectivity index (χ0n) is 23.4. The van der Waals surface area contributed by atoms with E-state index < -0.39 is 0 Å². The zero-order chi connectivity index (χ0) is 28.2. The van der Waals surface area contributed by atoms with Crippen molar-refractivity contribution in [3.05, 3.63) is 165 Å². The molecule has 42 heavy (non-hydrogen) atoms. The normalized spacial score (nSPS) is 15.4. The molecule has 0 bridgehead atoms. The van der Waals surface area contributed by atoms with E-state index in [4.69, 9.17) is 0 Å². The summed E-state index contributed by atoms with van der Waals surface area (Å²) in [7, 11) is 0. The van der Waals surface area contributed by atoms with Gasteiger partial charge in [-0.2, -0.15) is 0 Å². The van der Waals surface area contributed by atoms with Crippen LogP contribution in [0.3, 0.4) is 0 Å². The second-order valence-electron chi connectivity index (χ2n) is 12.2. The first-order valence-electron chi connectivity index (χ1n) is 14.6. The molecule has 0 saturated carbocycles. The van der Waals surface area contributed by atoms with Crippen molar-refractivity contribution in [3.8, 4) is 22.3 Å². The number of fused-ring (bicyclic) bond motifs is 12. The van der Waals surface area contributed by atoms with Gasteiger partial charge < -0.3 is 0 Å². The summed E-state index contributed by atoms with van der Waals surface area (Å²) in [6, 6.07) is 48.0. The molecule has 6 aromatic carbocycles. The van der Waals surface area contributed by atoms with Crippen LogP contribution < -0.4 is 0 Å². The molecule has 1 spiro atoms. The molecule has 0 atom stereocenters. The molecule has 1 heterocycles. The maximum Gasteiger partial charge on any atom is 0.0719 e. The lowest BCUT2D eigenvalue weighted by molar-refractivity contribution is 0.563. The minimum absolute atomic E-state index is 0.0935. The highest BCUT2D eigenvalue weighted by atomic mass is 79.9. The van der Waals surface area contributed by atoms with Gasteiger partial charge in [-0.3, -0.25) is 0 Å². The van der Waals surface area contributed by atoms with Gasteiger partial charge in [0.2, 0.25) is 0 Å². The molecular weight excluding hydrogens is 592 g/mol. The number of halogens is 1. The molecule has 7 aromatic rings. The van der Waals surface area contributed by atoms with Crippen LogP contribution in [0.25, 0.3) is 42.4 Å². The van der Waals surface area contributed by atoms with E-state index in [1.165, 1.54) is 75.8 Å². The molecule has 0 unspecified atom stereocenters. The summed E-state index contributed by atoms with van der Waals surface area (Å²) < 4.78 is 3.81.